The number of amides is 1. The molecule has 3 heteroatoms. The normalized spacial score (nSPS) is 10.8. The van der Waals surface area contributed by atoms with Crippen LogP contribution in [0.2, 0.25) is 0 Å². The highest BCUT2D eigenvalue weighted by molar-refractivity contribution is 5.94. The molecule has 0 aliphatic heterocycles. The lowest BCUT2D eigenvalue weighted by Gasteiger charge is -2.27. The Labute approximate surface area is 115 Å². The van der Waals surface area contributed by atoms with Crippen LogP contribution in [0.1, 0.15) is 56.0 Å². The first kappa shape index (κ1) is 15.7. The van der Waals surface area contributed by atoms with Crippen LogP contribution in [-0.2, 0) is 0 Å². The lowest BCUT2D eigenvalue weighted by molar-refractivity contribution is 0.0697. The Balaban J connectivity index is 2.90. The number of nitrogens with zero attached hydrogens (tertiary/aromatic N) is 1. The maximum Gasteiger partial charge on any atom is 0.257 e. The van der Waals surface area contributed by atoms with Crippen molar-refractivity contribution in [3.8, 4) is 0 Å². The molecule has 0 saturated heterocycles. The molecule has 106 valence electrons. The maximum absolute atomic E-state index is 14.0. The van der Waals surface area contributed by atoms with Crippen LogP contribution in [0, 0.1) is 12.7 Å². The summed E-state index contributed by atoms with van der Waals surface area (Å²) in [6.45, 7) is 8.44. The molecular formula is C16H24FNO. The van der Waals surface area contributed by atoms with Gasteiger partial charge in [0.25, 0.3) is 5.91 Å². The number of unbranched alkanes of at least 4 members (excludes halogenated alkanes) is 2. The summed E-state index contributed by atoms with van der Waals surface area (Å²) >= 11 is 0. The summed E-state index contributed by atoms with van der Waals surface area (Å²) in [5.74, 6) is -0.596. The number of rotatable bonds is 6. The van der Waals surface area contributed by atoms with Crippen molar-refractivity contribution in [1.82, 2.24) is 4.90 Å². The van der Waals surface area contributed by atoms with E-state index in [9.17, 15) is 9.18 Å². The van der Waals surface area contributed by atoms with Crippen molar-refractivity contribution in [2.75, 3.05) is 6.54 Å². The summed E-state index contributed by atoms with van der Waals surface area (Å²) in [5, 5.41) is 0. The Morgan fingerprint density at radius 1 is 1.32 bits per heavy atom. The van der Waals surface area contributed by atoms with E-state index in [0.29, 0.717) is 12.1 Å². The molecule has 0 N–H and O–H groups in total. The fourth-order valence-electron chi connectivity index (χ4n) is 2.09. The van der Waals surface area contributed by atoms with E-state index >= 15 is 0 Å². The third-order valence-electron chi connectivity index (χ3n) is 3.31. The highest BCUT2D eigenvalue weighted by atomic mass is 19.1. The zero-order chi connectivity index (χ0) is 14.4. The first-order chi connectivity index (χ1) is 8.99. The molecule has 0 spiro atoms. The van der Waals surface area contributed by atoms with Crippen molar-refractivity contribution in [3.63, 3.8) is 0 Å². The Bertz CT molecular complexity index is 429. The molecule has 1 aromatic carbocycles. The molecule has 0 heterocycles. The summed E-state index contributed by atoms with van der Waals surface area (Å²) in [6, 6.07) is 5.07. The van der Waals surface area contributed by atoms with E-state index in [0.717, 1.165) is 19.3 Å². The smallest absolute Gasteiger partial charge is 0.257 e. The molecule has 0 radical (unpaired) electrons. The summed E-state index contributed by atoms with van der Waals surface area (Å²) in [5.41, 5.74) is 0.702. The summed E-state index contributed by atoms with van der Waals surface area (Å²) in [7, 11) is 0. The van der Waals surface area contributed by atoms with Crippen molar-refractivity contribution in [1.29, 1.82) is 0 Å². The van der Waals surface area contributed by atoms with Crippen molar-refractivity contribution >= 4 is 5.91 Å². The summed E-state index contributed by atoms with van der Waals surface area (Å²) in [6.07, 6.45) is 3.17. The fourth-order valence-corrected chi connectivity index (χ4v) is 2.09. The quantitative estimate of drug-likeness (QED) is 0.707. The van der Waals surface area contributed by atoms with Gasteiger partial charge in [0.1, 0.15) is 5.82 Å². The zero-order valence-corrected chi connectivity index (χ0v) is 12.4. The third kappa shape index (κ3) is 4.05. The number of benzene rings is 1. The molecular weight excluding hydrogens is 241 g/mol. The molecule has 0 fully saturated rings. The molecule has 19 heavy (non-hydrogen) atoms. The van der Waals surface area contributed by atoms with Crippen molar-refractivity contribution in [3.05, 3.63) is 35.1 Å². The molecule has 0 bridgehead atoms. The average Bonchev–Trinajstić information content (AvgIpc) is 2.37. The van der Waals surface area contributed by atoms with Gasteiger partial charge in [-0.1, -0.05) is 31.9 Å². The predicted molar refractivity (Wildman–Crippen MR) is 76.8 cm³/mol. The van der Waals surface area contributed by atoms with Crippen LogP contribution in [0.15, 0.2) is 18.2 Å². The zero-order valence-electron chi connectivity index (χ0n) is 12.4. The molecule has 2 nitrogen and oxygen atoms in total. The number of hydrogen-bond donors (Lipinski definition) is 0. The lowest BCUT2D eigenvalue weighted by atomic mass is 10.1. The van der Waals surface area contributed by atoms with Crippen LogP contribution >= 0.6 is 0 Å². The van der Waals surface area contributed by atoms with Gasteiger partial charge in [-0.2, -0.15) is 0 Å². The maximum atomic E-state index is 14.0. The van der Waals surface area contributed by atoms with Gasteiger partial charge >= 0.3 is 0 Å². The first-order valence-corrected chi connectivity index (χ1v) is 7.05. The average molecular weight is 265 g/mol. The minimum absolute atomic E-state index is 0.0873. The molecule has 0 aliphatic carbocycles. The number of carbonyl (C=O) groups is 1. The van der Waals surface area contributed by atoms with Crippen LogP contribution < -0.4 is 0 Å². The molecule has 0 atom stereocenters. The minimum Gasteiger partial charge on any atom is -0.336 e. The van der Waals surface area contributed by atoms with Gasteiger partial charge in [-0.25, -0.2) is 4.39 Å². The van der Waals surface area contributed by atoms with Crippen molar-refractivity contribution < 1.29 is 9.18 Å². The van der Waals surface area contributed by atoms with Gasteiger partial charge in [-0.05, 0) is 38.8 Å². The van der Waals surface area contributed by atoms with Crippen LogP contribution in [-0.4, -0.2) is 23.4 Å². The standard InChI is InChI=1S/C16H24FNO/c1-5-6-7-11-18(12(2)3)16(19)14-10-8-9-13(4)15(14)17/h8-10,12H,5-7,11H2,1-4H3. The van der Waals surface area contributed by atoms with E-state index < -0.39 is 5.82 Å². The number of aryl methyl sites for hydroxylation is 1. The molecule has 0 saturated carbocycles. The van der Waals surface area contributed by atoms with Gasteiger partial charge in [0, 0.05) is 12.6 Å². The van der Waals surface area contributed by atoms with Crippen molar-refractivity contribution in [2.24, 2.45) is 0 Å². The second-order valence-electron chi connectivity index (χ2n) is 5.24. The van der Waals surface area contributed by atoms with Gasteiger partial charge in [0.05, 0.1) is 5.56 Å². The van der Waals surface area contributed by atoms with Gasteiger partial charge in [-0.3, -0.25) is 4.79 Å². The predicted octanol–water partition coefficient (Wildman–Crippen LogP) is 4.17. The van der Waals surface area contributed by atoms with E-state index in [1.807, 2.05) is 13.8 Å². The highest BCUT2D eigenvalue weighted by Crippen LogP contribution is 2.16. The molecule has 1 amide bonds. The van der Waals surface area contributed by atoms with E-state index in [2.05, 4.69) is 6.92 Å². The van der Waals surface area contributed by atoms with Crippen LogP contribution in [0.4, 0.5) is 4.39 Å². The second kappa shape index (κ2) is 7.27. The number of hydrogen-bond acceptors (Lipinski definition) is 1. The number of carbonyl (C=O) groups excluding carboxylic acids is 1. The lowest BCUT2D eigenvalue weighted by Crippen LogP contribution is -2.38. The van der Waals surface area contributed by atoms with E-state index in [1.165, 1.54) is 0 Å². The highest BCUT2D eigenvalue weighted by Gasteiger charge is 2.21. The van der Waals surface area contributed by atoms with Gasteiger partial charge in [0.15, 0.2) is 0 Å². The summed E-state index contributed by atoms with van der Waals surface area (Å²) in [4.78, 5) is 14.2. The Kier molecular flexibility index (Phi) is 6.00. The number of halogens is 1. The van der Waals surface area contributed by atoms with Gasteiger partial charge in [0.2, 0.25) is 0 Å². The first-order valence-electron chi connectivity index (χ1n) is 7.05. The van der Waals surface area contributed by atoms with Crippen molar-refractivity contribution in [2.45, 2.75) is 53.0 Å². The fraction of sp³-hybridized carbons (Fsp3) is 0.562. The topological polar surface area (TPSA) is 20.3 Å². The molecule has 1 rings (SSSR count). The van der Waals surface area contributed by atoms with Gasteiger partial charge in [-0.15, -0.1) is 0 Å². The monoisotopic (exact) mass is 265 g/mol. The third-order valence-corrected chi connectivity index (χ3v) is 3.31. The second-order valence-corrected chi connectivity index (χ2v) is 5.24. The molecule has 1 aromatic rings. The van der Waals surface area contributed by atoms with Crippen LogP contribution in [0.25, 0.3) is 0 Å². The Morgan fingerprint density at radius 2 is 2.00 bits per heavy atom. The van der Waals surface area contributed by atoms with Crippen LogP contribution in [0.5, 0.6) is 0 Å². The molecule has 0 aromatic heterocycles. The van der Waals surface area contributed by atoms with Crippen LogP contribution in [0.3, 0.4) is 0 Å². The molecule has 0 unspecified atom stereocenters. The minimum atomic E-state index is -0.395. The largest absolute Gasteiger partial charge is 0.336 e. The van der Waals surface area contributed by atoms with E-state index in [-0.39, 0.29) is 17.5 Å². The summed E-state index contributed by atoms with van der Waals surface area (Å²) < 4.78 is 14.0. The Hall–Kier alpha value is -1.38. The van der Waals surface area contributed by atoms with Gasteiger partial charge < -0.3 is 4.90 Å². The van der Waals surface area contributed by atoms with E-state index in [1.54, 1.807) is 30.0 Å². The SMILES string of the molecule is CCCCCN(C(=O)c1cccc(C)c1F)C(C)C. The Morgan fingerprint density at radius 3 is 2.58 bits per heavy atom. The van der Waals surface area contributed by atoms with E-state index in [4.69, 9.17) is 0 Å². The molecule has 0 aliphatic rings.